The predicted octanol–water partition coefficient (Wildman–Crippen LogP) is 4.63. The summed E-state index contributed by atoms with van der Waals surface area (Å²) in [7, 11) is 0. The Bertz CT molecular complexity index is 862. The zero-order valence-electron chi connectivity index (χ0n) is 14.2. The quantitative estimate of drug-likeness (QED) is 0.745. The lowest BCUT2D eigenvalue weighted by atomic mass is 10.0. The molecule has 124 valence electrons. The average Bonchev–Trinajstić information content (AvgIpc) is 2.92. The molecule has 4 nitrogen and oxygen atoms in total. The first kappa shape index (κ1) is 16.1. The fourth-order valence-corrected chi connectivity index (χ4v) is 2.94. The van der Waals surface area contributed by atoms with Crippen LogP contribution in [0, 0.1) is 13.8 Å². The van der Waals surface area contributed by atoms with Crippen molar-refractivity contribution in [1.29, 1.82) is 0 Å². The van der Waals surface area contributed by atoms with Gasteiger partial charge < -0.3 is 14.5 Å². The Morgan fingerprint density at radius 2 is 1.92 bits per heavy atom. The van der Waals surface area contributed by atoms with E-state index in [4.69, 9.17) is 9.15 Å². The number of amides is 1. The summed E-state index contributed by atoms with van der Waals surface area (Å²) in [6.45, 7) is 6.64. The van der Waals surface area contributed by atoms with Gasteiger partial charge in [0.25, 0.3) is 0 Å². The number of hydrogen-bond acceptors (Lipinski definition) is 3. The van der Waals surface area contributed by atoms with Crippen LogP contribution in [0.2, 0.25) is 0 Å². The van der Waals surface area contributed by atoms with Crippen LogP contribution in [-0.2, 0) is 11.2 Å². The van der Waals surface area contributed by atoms with E-state index in [1.54, 1.807) is 6.26 Å². The van der Waals surface area contributed by atoms with Crippen LogP contribution >= 0.6 is 0 Å². The highest BCUT2D eigenvalue weighted by molar-refractivity contribution is 5.96. The van der Waals surface area contributed by atoms with Crippen LogP contribution in [0.25, 0.3) is 11.0 Å². The Labute approximate surface area is 141 Å². The Morgan fingerprint density at radius 3 is 2.62 bits per heavy atom. The van der Waals surface area contributed by atoms with E-state index in [0.29, 0.717) is 6.61 Å². The van der Waals surface area contributed by atoms with Crippen molar-refractivity contribution >= 4 is 22.6 Å². The minimum Gasteiger partial charge on any atom is -0.494 e. The van der Waals surface area contributed by atoms with Crippen molar-refractivity contribution < 1.29 is 13.9 Å². The van der Waals surface area contributed by atoms with E-state index in [9.17, 15) is 4.79 Å². The number of anilines is 1. The van der Waals surface area contributed by atoms with E-state index in [1.165, 1.54) is 0 Å². The smallest absolute Gasteiger partial charge is 0.228 e. The Balaban J connectivity index is 1.73. The molecule has 3 aromatic rings. The molecule has 4 heteroatoms. The molecule has 0 fully saturated rings. The molecule has 1 N–H and O–H groups in total. The van der Waals surface area contributed by atoms with Crippen molar-refractivity contribution in [3.63, 3.8) is 0 Å². The van der Waals surface area contributed by atoms with Gasteiger partial charge in [0.15, 0.2) is 0 Å². The van der Waals surface area contributed by atoms with Crippen molar-refractivity contribution in [3.05, 3.63) is 59.4 Å². The van der Waals surface area contributed by atoms with Crippen LogP contribution in [0.5, 0.6) is 5.75 Å². The molecule has 0 aliphatic rings. The SMILES string of the molecule is CCOc1ccc(NC(=O)Cc2coc3cc(C)cc(C)c23)cc1. The van der Waals surface area contributed by atoms with Crippen molar-refractivity contribution in [2.75, 3.05) is 11.9 Å². The third kappa shape index (κ3) is 3.43. The maximum atomic E-state index is 12.3. The molecule has 0 saturated heterocycles. The normalized spacial score (nSPS) is 10.8. The molecule has 1 amide bonds. The third-order valence-electron chi connectivity index (χ3n) is 3.89. The third-order valence-corrected chi connectivity index (χ3v) is 3.89. The summed E-state index contributed by atoms with van der Waals surface area (Å²) in [6, 6.07) is 11.5. The van der Waals surface area contributed by atoms with Crippen molar-refractivity contribution in [1.82, 2.24) is 0 Å². The van der Waals surface area contributed by atoms with Crippen LogP contribution in [0.4, 0.5) is 5.69 Å². The molecule has 0 atom stereocenters. The van der Waals surface area contributed by atoms with Crippen LogP contribution in [0.15, 0.2) is 47.1 Å². The minimum atomic E-state index is -0.0677. The molecule has 1 aromatic heterocycles. The van der Waals surface area contributed by atoms with Gasteiger partial charge in [0.05, 0.1) is 19.3 Å². The van der Waals surface area contributed by atoms with E-state index in [1.807, 2.05) is 51.1 Å². The number of rotatable bonds is 5. The monoisotopic (exact) mass is 323 g/mol. The summed E-state index contributed by atoms with van der Waals surface area (Å²) in [5.74, 6) is 0.726. The zero-order chi connectivity index (χ0) is 17.1. The molecule has 1 heterocycles. The molecule has 3 rings (SSSR count). The predicted molar refractivity (Wildman–Crippen MR) is 95.6 cm³/mol. The summed E-state index contributed by atoms with van der Waals surface area (Å²) in [5, 5.41) is 3.94. The lowest BCUT2D eigenvalue weighted by Crippen LogP contribution is -2.14. The van der Waals surface area contributed by atoms with Crippen LogP contribution in [0.1, 0.15) is 23.6 Å². The molecular weight excluding hydrogens is 302 g/mol. The van der Waals surface area contributed by atoms with Crippen LogP contribution in [0.3, 0.4) is 0 Å². The number of carbonyl (C=O) groups excluding carboxylic acids is 1. The second-order valence-electron chi connectivity index (χ2n) is 5.90. The largest absolute Gasteiger partial charge is 0.494 e. The highest BCUT2D eigenvalue weighted by Gasteiger charge is 2.13. The molecule has 0 aliphatic heterocycles. The summed E-state index contributed by atoms with van der Waals surface area (Å²) >= 11 is 0. The molecule has 0 bridgehead atoms. The fourth-order valence-electron chi connectivity index (χ4n) is 2.94. The van der Waals surface area contributed by atoms with Gasteiger partial charge in [-0.1, -0.05) is 6.07 Å². The Hall–Kier alpha value is -2.75. The van der Waals surface area contributed by atoms with E-state index >= 15 is 0 Å². The number of carbonyl (C=O) groups is 1. The van der Waals surface area contributed by atoms with E-state index in [2.05, 4.69) is 11.4 Å². The Morgan fingerprint density at radius 1 is 1.17 bits per heavy atom. The molecule has 2 aromatic carbocycles. The number of nitrogens with one attached hydrogen (secondary N) is 1. The van der Waals surface area contributed by atoms with E-state index in [0.717, 1.165) is 39.1 Å². The van der Waals surface area contributed by atoms with Gasteiger partial charge in [0.2, 0.25) is 5.91 Å². The van der Waals surface area contributed by atoms with Crippen molar-refractivity contribution in [2.24, 2.45) is 0 Å². The number of fused-ring (bicyclic) bond motifs is 1. The summed E-state index contributed by atoms with van der Waals surface area (Å²) in [4.78, 5) is 12.3. The van der Waals surface area contributed by atoms with E-state index < -0.39 is 0 Å². The average molecular weight is 323 g/mol. The van der Waals surface area contributed by atoms with Gasteiger partial charge in [-0.05, 0) is 62.2 Å². The lowest BCUT2D eigenvalue weighted by Gasteiger charge is -2.07. The maximum absolute atomic E-state index is 12.3. The van der Waals surface area contributed by atoms with Gasteiger partial charge in [0.1, 0.15) is 11.3 Å². The standard InChI is InChI=1S/C20H21NO3/c1-4-23-17-7-5-16(6-8-17)21-19(22)11-15-12-24-18-10-13(2)9-14(3)20(15)18/h5-10,12H,4,11H2,1-3H3,(H,21,22). The number of furan rings is 1. The molecule has 0 aliphatic carbocycles. The minimum absolute atomic E-state index is 0.0677. The first-order valence-corrected chi connectivity index (χ1v) is 8.07. The first-order chi connectivity index (χ1) is 11.6. The number of hydrogen-bond donors (Lipinski definition) is 1. The van der Waals surface area contributed by atoms with Gasteiger partial charge in [0, 0.05) is 16.6 Å². The first-order valence-electron chi connectivity index (χ1n) is 8.07. The van der Waals surface area contributed by atoms with Crippen LogP contribution < -0.4 is 10.1 Å². The highest BCUT2D eigenvalue weighted by atomic mass is 16.5. The van der Waals surface area contributed by atoms with Crippen molar-refractivity contribution in [3.8, 4) is 5.75 Å². The van der Waals surface area contributed by atoms with Gasteiger partial charge in [-0.15, -0.1) is 0 Å². The number of aryl methyl sites for hydroxylation is 2. The van der Waals surface area contributed by atoms with Crippen LogP contribution in [-0.4, -0.2) is 12.5 Å². The summed E-state index contributed by atoms with van der Waals surface area (Å²) in [6.07, 6.45) is 1.96. The van der Waals surface area contributed by atoms with Gasteiger partial charge in [-0.3, -0.25) is 4.79 Å². The summed E-state index contributed by atoms with van der Waals surface area (Å²) in [5.41, 5.74) is 4.77. The second kappa shape index (κ2) is 6.79. The molecule has 24 heavy (non-hydrogen) atoms. The second-order valence-corrected chi connectivity index (χ2v) is 5.90. The van der Waals surface area contributed by atoms with Gasteiger partial charge >= 0.3 is 0 Å². The molecule has 0 radical (unpaired) electrons. The molecule has 0 saturated carbocycles. The topological polar surface area (TPSA) is 51.5 Å². The Kier molecular flexibility index (Phi) is 4.56. The van der Waals surface area contributed by atoms with E-state index in [-0.39, 0.29) is 12.3 Å². The molecule has 0 spiro atoms. The number of ether oxygens (including phenoxy) is 1. The fraction of sp³-hybridized carbons (Fsp3) is 0.250. The van der Waals surface area contributed by atoms with Gasteiger partial charge in [-0.2, -0.15) is 0 Å². The molecular formula is C20H21NO3. The molecule has 0 unspecified atom stereocenters. The van der Waals surface area contributed by atoms with Crippen molar-refractivity contribution in [2.45, 2.75) is 27.2 Å². The summed E-state index contributed by atoms with van der Waals surface area (Å²) < 4.78 is 11.0. The lowest BCUT2D eigenvalue weighted by molar-refractivity contribution is -0.115. The maximum Gasteiger partial charge on any atom is 0.228 e. The zero-order valence-corrected chi connectivity index (χ0v) is 14.2. The highest BCUT2D eigenvalue weighted by Crippen LogP contribution is 2.27. The number of benzene rings is 2. The van der Waals surface area contributed by atoms with Gasteiger partial charge in [-0.25, -0.2) is 0 Å².